The fourth-order valence-electron chi connectivity index (χ4n) is 3.30. The fourth-order valence-corrected chi connectivity index (χ4v) is 3.43. The molecule has 1 saturated carbocycles. The maximum Gasteiger partial charge on any atom is 0.120 e. The van der Waals surface area contributed by atoms with Crippen LogP contribution in [0.3, 0.4) is 0 Å². The maximum atomic E-state index is 5.85. The average Bonchev–Trinajstić information content (AvgIpc) is 2.97. The molecule has 0 amide bonds. The molecule has 4 nitrogen and oxygen atoms in total. The van der Waals surface area contributed by atoms with Crippen molar-refractivity contribution in [3.8, 4) is 5.75 Å². The first-order chi connectivity index (χ1) is 10.2. The van der Waals surface area contributed by atoms with Gasteiger partial charge in [0.05, 0.1) is 12.7 Å². The summed E-state index contributed by atoms with van der Waals surface area (Å²) >= 11 is 4.99. The summed E-state index contributed by atoms with van der Waals surface area (Å²) in [5, 5.41) is 0. The van der Waals surface area contributed by atoms with Crippen molar-refractivity contribution >= 4 is 17.2 Å². The van der Waals surface area contributed by atoms with Crippen LogP contribution < -0.4 is 10.5 Å². The molecule has 114 valence electrons. The molecular formula is C16H22N2O2S. The van der Waals surface area contributed by atoms with E-state index in [2.05, 4.69) is 4.90 Å². The van der Waals surface area contributed by atoms with Gasteiger partial charge in [0.1, 0.15) is 17.3 Å². The van der Waals surface area contributed by atoms with Gasteiger partial charge in [0.25, 0.3) is 0 Å². The molecule has 2 unspecified atom stereocenters. The van der Waals surface area contributed by atoms with Crippen molar-refractivity contribution in [2.24, 2.45) is 5.73 Å². The fraction of sp³-hybridized carbons (Fsp3) is 0.562. The number of rotatable bonds is 5. The first-order valence-corrected chi connectivity index (χ1v) is 8.03. The molecule has 0 radical (unpaired) electrons. The number of nitrogens with zero attached hydrogens (tertiary/aromatic N) is 1. The van der Waals surface area contributed by atoms with Crippen molar-refractivity contribution in [3.63, 3.8) is 0 Å². The van der Waals surface area contributed by atoms with Crippen molar-refractivity contribution < 1.29 is 9.47 Å². The van der Waals surface area contributed by atoms with Gasteiger partial charge in [-0.05, 0) is 31.4 Å². The Morgan fingerprint density at radius 1 is 1.43 bits per heavy atom. The minimum atomic E-state index is 0.405. The standard InChI is InChI=1S/C16H22N2O2S/c17-16(21)12-3-1-4-13(11-12)19-9-7-18-8-10-20-15-6-2-5-14(15)18/h1,3-4,11,14-15H,2,5-10H2,(H2,17,21). The summed E-state index contributed by atoms with van der Waals surface area (Å²) in [4.78, 5) is 2.92. The summed E-state index contributed by atoms with van der Waals surface area (Å²) in [7, 11) is 0. The maximum absolute atomic E-state index is 5.85. The van der Waals surface area contributed by atoms with E-state index < -0.39 is 0 Å². The smallest absolute Gasteiger partial charge is 0.120 e. The van der Waals surface area contributed by atoms with Gasteiger partial charge in [0.15, 0.2) is 0 Å². The van der Waals surface area contributed by atoms with Crippen LogP contribution in [0.25, 0.3) is 0 Å². The van der Waals surface area contributed by atoms with Gasteiger partial charge < -0.3 is 15.2 Å². The second-order valence-electron chi connectivity index (χ2n) is 5.68. The molecule has 0 bridgehead atoms. The Morgan fingerprint density at radius 2 is 2.33 bits per heavy atom. The van der Waals surface area contributed by atoms with Crippen LogP contribution in [0.5, 0.6) is 5.75 Å². The van der Waals surface area contributed by atoms with E-state index in [0.29, 0.717) is 23.7 Å². The third-order valence-corrected chi connectivity index (χ3v) is 4.60. The van der Waals surface area contributed by atoms with Crippen LogP contribution in [-0.4, -0.2) is 48.3 Å². The Kier molecular flexibility index (Phi) is 4.73. The first-order valence-electron chi connectivity index (χ1n) is 7.62. The van der Waals surface area contributed by atoms with E-state index in [-0.39, 0.29) is 0 Å². The predicted octanol–water partition coefficient (Wildman–Crippen LogP) is 1.95. The van der Waals surface area contributed by atoms with Gasteiger partial charge in [-0.15, -0.1) is 0 Å². The molecular weight excluding hydrogens is 284 g/mol. The molecule has 21 heavy (non-hydrogen) atoms. The normalized spacial score (nSPS) is 25.5. The average molecular weight is 306 g/mol. The topological polar surface area (TPSA) is 47.7 Å². The molecule has 2 N–H and O–H groups in total. The van der Waals surface area contributed by atoms with E-state index in [1.165, 1.54) is 19.3 Å². The molecule has 5 heteroatoms. The van der Waals surface area contributed by atoms with Gasteiger partial charge in [0, 0.05) is 24.7 Å². The van der Waals surface area contributed by atoms with Crippen molar-refractivity contribution in [1.29, 1.82) is 0 Å². The zero-order valence-electron chi connectivity index (χ0n) is 12.2. The molecule has 1 saturated heterocycles. The van der Waals surface area contributed by atoms with Crippen LogP contribution >= 0.6 is 12.2 Å². The molecule has 1 aromatic carbocycles. The van der Waals surface area contributed by atoms with E-state index in [9.17, 15) is 0 Å². The third-order valence-electron chi connectivity index (χ3n) is 4.36. The monoisotopic (exact) mass is 306 g/mol. The zero-order valence-corrected chi connectivity index (χ0v) is 13.0. The minimum absolute atomic E-state index is 0.405. The molecule has 2 atom stereocenters. The van der Waals surface area contributed by atoms with Gasteiger partial charge >= 0.3 is 0 Å². The SMILES string of the molecule is NC(=S)c1cccc(OCCN2CCOC3CCCC32)c1. The summed E-state index contributed by atoms with van der Waals surface area (Å²) < 4.78 is 11.7. The van der Waals surface area contributed by atoms with Crippen LogP contribution in [-0.2, 0) is 4.74 Å². The summed E-state index contributed by atoms with van der Waals surface area (Å²) in [6, 6.07) is 8.26. The van der Waals surface area contributed by atoms with E-state index in [0.717, 1.165) is 31.0 Å². The Balaban J connectivity index is 1.51. The van der Waals surface area contributed by atoms with Gasteiger partial charge in [-0.25, -0.2) is 0 Å². The quantitative estimate of drug-likeness (QED) is 0.843. The summed E-state index contributed by atoms with van der Waals surface area (Å²) in [6.45, 7) is 3.49. The Morgan fingerprint density at radius 3 is 3.19 bits per heavy atom. The van der Waals surface area contributed by atoms with Crippen LogP contribution in [0.1, 0.15) is 24.8 Å². The van der Waals surface area contributed by atoms with Gasteiger partial charge in [-0.1, -0.05) is 24.4 Å². The molecule has 1 aromatic rings. The number of nitrogens with two attached hydrogens (primary N) is 1. The van der Waals surface area contributed by atoms with Crippen molar-refractivity contribution in [2.45, 2.75) is 31.4 Å². The second-order valence-corrected chi connectivity index (χ2v) is 6.12. The molecule has 1 aliphatic heterocycles. The summed E-state index contributed by atoms with van der Waals surface area (Å²) in [5.41, 5.74) is 6.49. The molecule has 1 aliphatic carbocycles. The van der Waals surface area contributed by atoms with Gasteiger partial charge in [-0.2, -0.15) is 0 Å². The Labute approximate surface area is 131 Å². The number of fused-ring (bicyclic) bond motifs is 1. The highest BCUT2D eigenvalue weighted by Crippen LogP contribution is 2.29. The number of morpholine rings is 1. The van der Waals surface area contributed by atoms with Crippen molar-refractivity contribution in [2.75, 3.05) is 26.3 Å². The van der Waals surface area contributed by atoms with Crippen LogP contribution in [0.15, 0.2) is 24.3 Å². The van der Waals surface area contributed by atoms with E-state index in [1.807, 2.05) is 24.3 Å². The van der Waals surface area contributed by atoms with Gasteiger partial charge in [-0.3, -0.25) is 4.90 Å². The highest BCUT2D eigenvalue weighted by molar-refractivity contribution is 7.80. The third kappa shape index (κ3) is 3.54. The Hall–Kier alpha value is -1.17. The molecule has 3 rings (SSSR count). The van der Waals surface area contributed by atoms with Crippen molar-refractivity contribution in [3.05, 3.63) is 29.8 Å². The van der Waals surface area contributed by atoms with Crippen LogP contribution in [0.4, 0.5) is 0 Å². The molecule has 2 fully saturated rings. The largest absolute Gasteiger partial charge is 0.492 e. The van der Waals surface area contributed by atoms with Crippen molar-refractivity contribution in [1.82, 2.24) is 4.90 Å². The lowest BCUT2D eigenvalue weighted by Crippen LogP contribution is -2.49. The Bertz CT molecular complexity index is 509. The molecule has 0 spiro atoms. The van der Waals surface area contributed by atoms with E-state index in [1.54, 1.807) is 0 Å². The molecule has 0 aromatic heterocycles. The lowest BCUT2D eigenvalue weighted by molar-refractivity contribution is -0.0583. The first kappa shape index (κ1) is 14.8. The van der Waals surface area contributed by atoms with E-state index >= 15 is 0 Å². The van der Waals surface area contributed by atoms with Crippen LogP contribution in [0.2, 0.25) is 0 Å². The highest BCUT2D eigenvalue weighted by atomic mass is 32.1. The predicted molar refractivity (Wildman–Crippen MR) is 86.8 cm³/mol. The lowest BCUT2D eigenvalue weighted by Gasteiger charge is -2.37. The zero-order chi connectivity index (χ0) is 14.7. The van der Waals surface area contributed by atoms with E-state index in [4.69, 9.17) is 27.4 Å². The second kappa shape index (κ2) is 6.73. The number of benzene rings is 1. The lowest BCUT2D eigenvalue weighted by atomic mass is 10.1. The summed E-state index contributed by atoms with van der Waals surface area (Å²) in [5.74, 6) is 0.830. The minimum Gasteiger partial charge on any atom is -0.492 e. The number of thiocarbonyl (C=S) groups is 1. The van der Waals surface area contributed by atoms with Gasteiger partial charge in [0.2, 0.25) is 0 Å². The molecule has 2 aliphatic rings. The highest BCUT2D eigenvalue weighted by Gasteiger charge is 2.35. The number of hydrogen-bond acceptors (Lipinski definition) is 4. The van der Waals surface area contributed by atoms with Crippen LogP contribution in [0, 0.1) is 0 Å². The molecule has 1 heterocycles. The summed E-state index contributed by atoms with van der Waals surface area (Å²) in [6.07, 6.45) is 4.18. The number of ether oxygens (including phenoxy) is 2. The number of hydrogen-bond donors (Lipinski definition) is 1.